The molecule has 1 N–H and O–H groups in total. The number of carbonyl (C=O) groups is 3. The summed E-state index contributed by atoms with van der Waals surface area (Å²) in [7, 11) is 8.55. The first-order valence-corrected chi connectivity index (χ1v) is 38.3. The Bertz CT molecular complexity index is 5270. The number of piperidine rings is 1. The lowest BCUT2D eigenvalue weighted by atomic mass is 10.00. The number of hydrogen-bond acceptors (Lipinski definition) is 18. The van der Waals surface area contributed by atoms with Crippen molar-refractivity contribution in [2.45, 2.75) is 19.3 Å². The number of aromatic hydroxyl groups is 1. The Hall–Kier alpha value is -7.52. The summed E-state index contributed by atoms with van der Waals surface area (Å²) >= 11 is 37.8. The summed E-state index contributed by atoms with van der Waals surface area (Å²) in [6, 6.07) is 15.7. The number of aryl methyl sites for hydroxylation is 3. The fourth-order valence-electron chi connectivity index (χ4n) is 12.7. The lowest BCUT2D eigenvalue weighted by Crippen LogP contribution is -2.48. The van der Waals surface area contributed by atoms with Gasteiger partial charge in [0.25, 0.3) is 0 Å². The number of fused-ring (bicyclic) bond motifs is 6. The third-order valence-corrected chi connectivity index (χ3v) is 21.4. The number of methoxy groups -OCH3 is 2. The van der Waals surface area contributed by atoms with Crippen LogP contribution in [-0.2, 0) is 35.5 Å². The molecule has 3 aliphatic heterocycles. The molecule has 103 heavy (non-hydrogen) atoms. The summed E-state index contributed by atoms with van der Waals surface area (Å²) in [6.45, 7) is 16.8. The number of aromatic nitrogens is 9. The first kappa shape index (κ1) is 76.6. The van der Waals surface area contributed by atoms with Crippen LogP contribution in [0.25, 0.3) is 98.8 Å². The van der Waals surface area contributed by atoms with Crippen molar-refractivity contribution in [3.05, 3.63) is 144 Å². The second kappa shape index (κ2) is 33.3. The average Bonchev–Trinajstić information content (AvgIpc) is 1.69. The van der Waals surface area contributed by atoms with Crippen molar-refractivity contribution in [2.75, 3.05) is 94.4 Å². The predicted octanol–water partition coefficient (Wildman–Crippen LogP) is 17.4. The summed E-state index contributed by atoms with van der Waals surface area (Å²) < 4.78 is 76.9. The van der Waals surface area contributed by atoms with Gasteiger partial charge >= 0.3 is 3.18 Å². The Morgan fingerprint density at radius 2 is 0.816 bits per heavy atom. The fourth-order valence-corrected chi connectivity index (χ4v) is 16.3. The van der Waals surface area contributed by atoms with E-state index in [9.17, 15) is 19.5 Å². The molecule has 0 bridgehead atoms. The van der Waals surface area contributed by atoms with Gasteiger partial charge in [0.15, 0.2) is 17.5 Å². The molecule has 0 unspecified atom stereocenters. The standard InChI is InChI=1S/C23H21ClFN5O2S.C22H19ClFN5O2S.C21H20ClFN4OS.C3H3ClO.BBr3/c1-4-18(31)29-5-7-30(8-6-29)23-16-11-17(24)19(20(25)21(16)27-33-23)15-10-14(32-3)9-13-12-26-28(2)22(13)15;1-3-17(31)28-4-6-29(7-5-28)22-15-10-16(23)18(19(24)20(15)26-32-22)14-9-13(30)8-12-11-25-27(2)21(12)14;1-26-20-12(11-24-26)8-13(28-2)9-14(20)17-16(22)10-15-19(18(17)23)25-29-21(15)27-6-4-3-5-7-27;1-2-3(4)5;2-1(3)4/h4,9-12H,1,5-8H2,2-3H3;3,8-11,30H,1,4-7H2,2H3;8-11H,3-7H2,1-2H3;2H,1H2;. The summed E-state index contributed by atoms with van der Waals surface area (Å²) in [6.07, 6.45) is 12.3. The Labute approximate surface area is 646 Å². The quantitative estimate of drug-likeness (QED) is 0.0728. The van der Waals surface area contributed by atoms with E-state index >= 15 is 13.2 Å². The van der Waals surface area contributed by atoms with E-state index in [1.807, 2.05) is 25.2 Å². The number of hydrogen-bond donors (Lipinski definition) is 1. The molecule has 2 amide bonds. The van der Waals surface area contributed by atoms with E-state index in [1.54, 1.807) is 101 Å². The van der Waals surface area contributed by atoms with E-state index in [1.165, 1.54) is 59.2 Å². The zero-order valence-electron chi connectivity index (χ0n) is 55.8. The molecule has 6 aromatic carbocycles. The number of ether oxygens (including phenoxy) is 2. The third-order valence-electron chi connectivity index (χ3n) is 17.6. The zero-order chi connectivity index (χ0) is 73.8. The maximum Gasteiger partial charge on any atom is 0.369 e. The van der Waals surface area contributed by atoms with E-state index in [0.29, 0.717) is 118 Å². The molecule has 0 saturated carbocycles. The van der Waals surface area contributed by atoms with Gasteiger partial charge in [-0.2, -0.15) is 28.4 Å². The van der Waals surface area contributed by atoms with E-state index in [-0.39, 0.29) is 53.0 Å². The van der Waals surface area contributed by atoms with Crippen LogP contribution in [0.3, 0.4) is 0 Å². The van der Waals surface area contributed by atoms with Crippen molar-refractivity contribution in [3.63, 3.8) is 0 Å². The van der Waals surface area contributed by atoms with E-state index in [4.69, 9.17) is 55.9 Å². The van der Waals surface area contributed by atoms with Crippen molar-refractivity contribution >= 4 is 229 Å². The average molecular weight is 1730 g/mol. The number of allylic oxidation sites excluding steroid dienone is 1. The van der Waals surface area contributed by atoms with E-state index in [2.05, 4.69) is 110 Å². The van der Waals surface area contributed by atoms with Gasteiger partial charge in [-0.15, -0.1) is 47.3 Å². The second-order valence-electron chi connectivity index (χ2n) is 23.6. The molecule has 34 heteroatoms. The number of rotatable bonds is 11. The Balaban J connectivity index is 0.000000146. The highest BCUT2D eigenvalue weighted by Gasteiger charge is 2.31. The maximum absolute atomic E-state index is 15.9. The van der Waals surface area contributed by atoms with Gasteiger partial charge in [-0.1, -0.05) is 54.5 Å². The monoisotopic (exact) mass is 1720 g/mol. The Morgan fingerprint density at radius 1 is 0.505 bits per heavy atom. The van der Waals surface area contributed by atoms with Crippen LogP contribution in [0.15, 0.2) is 111 Å². The normalized spacial score (nSPS) is 13.8. The SMILES string of the molecule is BrB(Br)Br.C=CC(=O)Cl.C=CC(=O)N1CCN(c2snc3c(F)c(-c4cc(O)cc5cnn(C)c45)c(Cl)cc23)CC1.C=CC(=O)N1CCN(c2snc3c(F)c(-c4cc(OC)cc5cnn(C)c45)c(Cl)cc23)CC1.COc1cc(-c2c(Cl)cc3c(N4CCCCC4)snc3c2F)c2c(cnn2C)c1. The minimum Gasteiger partial charge on any atom is -0.508 e. The second-order valence-corrected chi connectivity index (χ2v) is 33.9. The van der Waals surface area contributed by atoms with Gasteiger partial charge in [-0.05, 0) is 138 Å². The smallest absolute Gasteiger partial charge is 0.369 e. The van der Waals surface area contributed by atoms with Gasteiger partial charge in [0.2, 0.25) is 17.1 Å². The molecule has 3 fully saturated rings. The third kappa shape index (κ3) is 16.0. The van der Waals surface area contributed by atoms with E-state index < -0.39 is 22.7 Å². The summed E-state index contributed by atoms with van der Waals surface area (Å²) in [4.78, 5) is 43.2. The van der Waals surface area contributed by atoms with Crippen LogP contribution in [0.1, 0.15) is 19.3 Å². The number of amides is 2. The van der Waals surface area contributed by atoms with Gasteiger partial charge in [0.1, 0.15) is 48.8 Å². The first-order chi connectivity index (χ1) is 49.4. The number of halogens is 10. The number of nitrogens with zero attached hydrogens (tertiary/aromatic N) is 14. The number of benzene rings is 6. The van der Waals surface area contributed by atoms with Crippen molar-refractivity contribution in [1.29, 1.82) is 0 Å². The maximum atomic E-state index is 15.9. The Morgan fingerprint density at radius 3 is 1.13 bits per heavy atom. The summed E-state index contributed by atoms with van der Waals surface area (Å²) in [5.41, 5.74) is 5.59. The highest BCUT2D eigenvalue weighted by Crippen LogP contribution is 2.48. The van der Waals surface area contributed by atoms with Crippen LogP contribution in [-0.4, -0.2) is 157 Å². The minimum atomic E-state index is -0.538. The molecule has 536 valence electrons. The molecule has 0 aliphatic carbocycles. The summed E-state index contributed by atoms with van der Waals surface area (Å²) in [5, 5.41) is 30.5. The highest BCUT2D eigenvalue weighted by molar-refractivity contribution is 9.69. The van der Waals surface area contributed by atoms with Crippen LogP contribution < -0.4 is 24.2 Å². The van der Waals surface area contributed by atoms with Gasteiger partial charge in [0, 0.05) is 152 Å². The zero-order valence-corrected chi connectivity index (χ0v) is 66.0. The van der Waals surface area contributed by atoms with Crippen LogP contribution in [0.2, 0.25) is 15.1 Å². The van der Waals surface area contributed by atoms with Crippen molar-refractivity contribution in [3.8, 4) is 50.6 Å². The number of phenols is 1. The first-order valence-electron chi connectivity index (χ1n) is 31.7. The topological polar surface area (TPSA) is 198 Å². The van der Waals surface area contributed by atoms with Crippen molar-refractivity contribution in [1.82, 2.24) is 52.3 Å². The largest absolute Gasteiger partial charge is 0.508 e. The molecule has 20 nitrogen and oxygen atoms in total. The summed E-state index contributed by atoms with van der Waals surface area (Å²) in [5.74, 6) is -0.368. The molecule has 0 spiro atoms. The molecular weight excluding hydrogens is 1670 g/mol. The number of phenolic OH excluding ortho intramolecular Hbond substituents is 1. The number of anilines is 3. The molecule has 0 atom stereocenters. The lowest BCUT2D eigenvalue weighted by Gasteiger charge is -2.34. The predicted molar refractivity (Wildman–Crippen MR) is 425 cm³/mol. The molecule has 9 heterocycles. The minimum absolute atomic E-state index is 0.00183. The number of piperazine rings is 2. The highest BCUT2D eigenvalue weighted by atomic mass is 79.9. The van der Waals surface area contributed by atoms with Gasteiger partial charge < -0.3 is 39.1 Å². The molecule has 3 aliphatic rings. The molecule has 0 radical (unpaired) electrons. The van der Waals surface area contributed by atoms with Crippen molar-refractivity contribution in [2.24, 2.45) is 21.1 Å². The molecule has 12 aromatic rings. The molecule has 15 rings (SSSR count). The van der Waals surface area contributed by atoms with Gasteiger partial charge in [-0.25, -0.2) is 13.2 Å². The fraction of sp³-hybridized carbons (Fsp3) is 0.261. The number of carbonyl (C=O) groups excluding carboxylic acids is 3. The van der Waals surface area contributed by atoms with Crippen molar-refractivity contribution < 1.29 is 42.1 Å². The van der Waals surface area contributed by atoms with Crippen LogP contribution >= 0.6 is 128 Å². The van der Waals surface area contributed by atoms with Gasteiger partial charge in [0.05, 0.1) is 64.4 Å². The molecule has 6 aromatic heterocycles. The Kier molecular flexibility index (Phi) is 24.8. The van der Waals surface area contributed by atoms with Crippen LogP contribution in [0.5, 0.6) is 17.2 Å². The van der Waals surface area contributed by atoms with Crippen LogP contribution in [0, 0.1) is 17.5 Å². The molecule has 3 saturated heterocycles. The lowest BCUT2D eigenvalue weighted by molar-refractivity contribution is -0.127. The van der Waals surface area contributed by atoms with Crippen LogP contribution in [0.4, 0.5) is 28.2 Å². The molecular formula is C69H63BBr3Cl4F3N14O6S3. The van der Waals surface area contributed by atoms with E-state index in [0.717, 1.165) is 74.2 Å². The van der Waals surface area contributed by atoms with Gasteiger partial charge in [-0.3, -0.25) is 28.4 Å².